The van der Waals surface area contributed by atoms with Gasteiger partial charge in [-0.1, -0.05) is 26.8 Å². The first kappa shape index (κ1) is 15.2. The van der Waals surface area contributed by atoms with E-state index in [0.29, 0.717) is 17.4 Å². The summed E-state index contributed by atoms with van der Waals surface area (Å²) in [4.78, 5) is 2.03. The molecule has 0 radical (unpaired) electrons. The van der Waals surface area contributed by atoms with Crippen LogP contribution in [0.15, 0.2) is 24.3 Å². The third kappa shape index (κ3) is 4.15. The highest BCUT2D eigenvalue weighted by molar-refractivity contribution is 7.80. The molecular formula is C15H21FN2OS. The molecule has 20 heavy (non-hydrogen) atoms. The van der Waals surface area contributed by atoms with Gasteiger partial charge < -0.3 is 15.0 Å². The fraction of sp³-hybridized carbons (Fsp3) is 0.533. The predicted octanol–water partition coefficient (Wildman–Crippen LogP) is 3.62. The van der Waals surface area contributed by atoms with Crippen molar-refractivity contribution >= 4 is 23.0 Å². The minimum Gasteiger partial charge on any atom is -0.356 e. The number of benzene rings is 1. The van der Waals surface area contributed by atoms with Gasteiger partial charge in [-0.25, -0.2) is 4.39 Å². The first-order valence-corrected chi connectivity index (χ1v) is 7.21. The molecule has 5 heteroatoms. The number of hydrogen-bond acceptors (Lipinski definition) is 2. The van der Waals surface area contributed by atoms with Crippen LogP contribution in [0.4, 0.5) is 10.1 Å². The molecule has 1 heterocycles. The Morgan fingerprint density at radius 1 is 1.50 bits per heavy atom. The summed E-state index contributed by atoms with van der Waals surface area (Å²) in [5.74, 6) is -0.276. The normalized spacial score (nSPS) is 19.2. The van der Waals surface area contributed by atoms with Crippen LogP contribution in [0.5, 0.6) is 0 Å². The van der Waals surface area contributed by atoms with Gasteiger partial charge in [-0.2, -0.15) is 0 Å². The summed E-state index contributed by atoms with van der Waals surface area (Å²) in [6.45, 7) is 7.97. The van der Waals surface area contributed by atoms with Crippen LogP contribution in [-0.2, 0) is 4.74 Å². The summed E-state index contributed by atoms with van der Waals surface area (Å²) in [6.07, 6.45) is 0.890. The van der Waals surface area contributed by atoms with Gasteiger partial charge in [0, 0.05) is 12.2 Å². The number of hydrogen-bond donors (Lipinski definition) is 1. The number of rotatable bonds is 2. The first-order chi connectivity index (χ1) is 9.35. The largest absolute Gasteiger partial charge is 0.356 e. The molecule has 1 aliphatic heterocycles. The fourth-order valence-electron chi connectivity index (χ4n) is 2.21. The van der Waals surface area contributed by atoms with E-state index in [9.17, 15) is 4.39 Å². The second kappa shape index (κ2) is 6.06. The van der Waals surface area contributed by atoms with Crippen LogP contribution in [0.2, 0.25) is 0 Å². The maximum atomic E-state index is 13.2. The Bertz CT molecular complexity index is 487. The lowest BCUT2D eigenvalue weighted by Gasteiger charge is -2.30. The molecule has 0 amide bonds. The Labute approximate surface area is 125 Å². The number of nitrogens with one attached hydrogen (secondary N) is 1. The summed E-state index contributed by atoms with van der Waals surface area (Å²) in [5.41, 5.74) is 0.832. The zero-order chi connectivity index (χ0) is 14.8. The van der Waals surface area contributed by atoms with Gasteiger partial charge in [-0.3, -0.25) is 0 Å². The smallest absolute Gasteiger partial charge is 0.175 e. The van der Waals surface area contributed by atoms with E-state index in [1.54, 1.807) is 12.1 Å². The Morgan fingerprint density at radius 3 is 2.90 bits per heavy atom. The Kier molecular flexibility index (Phi) is 4.60. The van der Waals surface area contributed by atoms with Crippen molar-refractivity contribution in [3.8, 4) is 0 Å². The molecule has 0 aromatic heterocycles. The molecule has 0 aliphatic carbocycles. The van der Waals surface area contributed by atoms with E-state index >= 15 is 0 Å². The van der Waals surface area contributed by atoms with Crippen LogP contribution in [0.1, 0.15) is 27.2 Å². The third-order valence-electron chi connectivity index (χ3n) is 3.11. The standard InChI is InChI=1S/C15H21FN2OS/c1-15(2,3)10-13-18(7-8-19-13)14(20)17-12-6-4-5-11(16)9-12/h4-6,9,13H,7-8,10H2,1-3H3,(H,17,20). The predicted molar refractivity (Wildman–Crippen MR) is 83.1 cm³/mol. The molecule has 1 aromatic rings. The Balaban J connectivity index is 2.01. The number of anilines is 1. The van der Waals surface area contributed by atoms with E-state index < -0.39 is 0 Å². The topological polar surface area (TPSA) is 24.5 Å². The van der Waals surface area contributed by atoms with Gasteiger partial charge >= 0.3 is 0 Å². The van der Waals surface area contributed by atoms with Gasteiger partial charge in [0.15, 0.2) is 5.11 Å². The minimum atomic E-state index is -0.276. The number of halogens is 1. The van der Waals surface area contributed by atoms with E-state index in [-0.39, 0.29) is 17.5 Å². The maximum absolute atomic E-state index is 13.2. The molecule has 1 aliphatic rings. The fourth-order valence-corrected chi connectivity index (χ4v) is 2.53. The summed E-state index contributed by atoms with van der Waals surface area (Å²) < 4.78 is 18.9. The monoisotopic (exact) mass is 296 g/mol. The van der Waals surface area contributed by atoms with Crippen molar-refractivity contribution in [2.45, 2.75) is 33.4 Å². The van der Waals surface area contributed by atoms with Crippen LogP contribution < -0.4 is 5.32 Å². The molecule has 1 aromatic carbocycles. The highest BCUT2D eigenvalue weighted by Crippen LogP contribution is 2.27. The SMILES string of the molecule is CC(C)(C)CC1OCCN1C(=S)Nc1cccc(F)c1. The molecule has 1 atom stereocenters. The molecule has 110 valence electrons. The Morgan fingerprint density at radius 2 is 2.25 bits per heavy atom. The minimum absolute atomic E-state index is 0.0106. The summed E-state index contributed by atoms with van der Waals surface area (Å²) in [7, 11) is 0. The van der Waals surface area contributed by atoms with E-state index in [4.69, 9.17) is 17.0 Å². The number of ether oxygens (including phenoxy) is 1. The first-order valence-electron chi connectivity index (χ1n) is 6.80. The quantitative estimate of drug-likeness (QED) is 0.843. The van der Waals surface area contributed by atoms with Gasteiger partial charge in [0.05, 0.1) is 6.61 Å². The molecule has 0 saturated carbocycles. The van der Waals surface area contributed by atoms with Crippen LogP contribution in [0.3, 0.4) is 0 Å². The highest BCUT2D eigenvalue weighted by Gasteiger charge is 2.31. The molecule has 3 nitrogen and oxygen atoms in total. The molecule has 2 rings (SSSR count). The van der Waals surface area contributed by atoms with E-state index in [1.165, 1.54) is 12.1 Å². The van der Waals surface area contributed by atoms with Crippen molar-refractivity contribution in [3.63, 3.8) is 0 Å². The van der Waals surface area contributed by atoms with E-state index in [1.807, 2.05) is 4.90 Å². The maximum Gasteiger partial charge on any atom is 0.175 e. The highest BCUT2D eigenvalue weighted by atomic mass is 32.1. The third-order valence-corrected chi connectivity index (χ3v) is 3.45. The molecular weight excluding hydrogens is 275 g/mol. The summed E-state index contributed by atoms with van der Waals surface area (Å²) in [6, 6.07) is 6.30. The van der Waals surface area contributed by atoms with Crippen molar-refractivity contribution in [2.24, 2.45) is 5.41 Å². The van der Waals surface area contributed by atoms with Crippen molar-refractivity contribution in [1.29, 1.82) is 0 Å². The zero-order valence-corrected chi connectivity index (χ0v) is 13.0. The van der Waals surface area contributed by atoms with Crippen molar-refractivity contribution < 1.29 is 9.13 Å². The second-order valence-corrected chi connectivity index (χ2v) is 6.61. The molecule has 1 fully saturated rings. The molecule has 0 spiro atoms. The summed E-state index contributed by atoms with van der Waals surface area (Å²) >= 11 is 5.42. The lowest BCUT2D eigenvalue weighted by Crippen LogP contribution is -2.40. The van der Waals surface area contributed by atoms with Gasteiger partial charge in [0.2, 0.25) is 0 Å². The van der Waals surface area contributed by atoms with Crippen molar-refractivity contribution in [1.82, 2.24) is 4.90 Å². The second-order valence-electron chi connectivity index (χ2n) is 6.22. The van der Waals surface area contributed by atoms with Gasteiger partial charge in [-0.15, -0.1) is 0 Å². The lowest BCUT2D eigenvalue weighted by atomic mass is 9.91. The number of thiocarbonyl (C=S) groups is 1. The van der Waals surface area contributed by atoms with Crippen LogP contribution >= 0.6 is 12.2 Å². The van der Waals surface area contributed by atoms with E-state index in [0.717, 1.165) is 13.0 Å². The summed E-state index contributed by atoms with van der Waals surface area (Å²) in [5, 5.41) is 3.66. The van der Waals surface area contributed by atoms with E-state index in [2.05, 4.69) is 26.1 Å². The Hall–Kier alpha value is -1.20. The number of nitrogens with zero attached hydrogens (tertiary/aromatic N) is 1. The average molecular weight is 296 g/mol. The van der Waals surface area contributed by atoms with Crippen molar-refractivity contribution in [3.05, 3.63) is 30.1 Å². The zero-order valence-electron chi connectivity index (χ0n) is 12.1. The molecule has 1 N–H and O–H groups in total. The van der Waals surface area contributed by atoms with Gasteiger partial charge in [0.25, 0.3) is 0 Å². The molecule has 0 bridgehead atoms. The molecule has 1 unspecified atom stereocenters. The van der Waals surface area contributed by atoms with Crippen molar-refractivity contribution in [2.75, 3.05) is 18.5 Å². The van der Waals surface area contributed by atoms with Crippen LogP contribution in [0, 0.1) is 11.2 Å². The van der Waals surface area contributed by atoms with Gasteiger partial charge in [0.1, 0.15) is 12.0 Å². The van der Waals surface area contributed by atoms with Gasteiger partial charge in [-0.05, 0) is 42.3 Å². The lowest BCUT2D eigenvalue weighted by molar-refractivity contribution is 0.0309. The van der Waals surface area contributed by atoms with Crippen LogP contribution in [-0.4, -0.2) is 29.4 Å². The molecule has 1 saturated heterocycles. The average Bonchev–Trinajstić information content (AvgIpc) is 2.74. The van der Waals surface area contributed by atoms with Crippen LogP contribution in [0.25, 0.3) is 0 Å².